The van der Waals surface area contributed by atoms with Gasteiger partial charge in [0.1, 0.15) is 5.60 Å². The van der Waals surface area contributed by atoms with Gasteiger partial charge < -0.3 is 9.84 Å². The first-order chi connectivity index (χ1) is 11.4. The Morgan fingerprint density at radius 3 is 2.33 bits per heavy atom. The van der Waals surface area contributed by atoms with E-state index in [4.69, 9.17) is 5.11 Å². The maximum absolute atomic E-state index is 9.60. The fourth-order valence-electron chi connectivity index (χ4n) is 2.10. The van der Waals surface area contributed by atoms with E-state index in [2.05, 4.69) is 14.9 Å². The van der Waals surface area contributed by atoms with Crippen LogP contribution in [0, 0.1) is 0 Å². The zero-order valence-electron chi connectivity index (χ0n) is 14.1. The van der Waals surface area contributed by atoms with Gasteiger partial charge in [-0.05, 0) is 32.4 Å². The van der Waals surface area contributed by atoms with E-state index in [0.29, 0.717) is 6.47 Å². The third-order valence-electron chi connectivity index (χ3n) is 3.28. The molecule has 1 heterocycles. The Balaban J connectivity index is 0.000000256. The van der Waals surface area contributed by atoms with Crippen molar-refractivity contribution >= 4 is 17.4 Å². The van der Waals surface area contributed by atoms with Crippen molar-refractivity contribution in [3.63, 3.8) is 0 Å². The van der Waals surface area contributed by atoms with E-state index < -0.39 is 0 Å². The number of carbonyl (C=O) groups is 1. The molecule has 0 aliphatic carbocycles. The summed E-state index contributed by atoms with van der Waals surface area (Å²) < 4.78 is 4.55. The Labute approximate surface area is 141 Å². The highest BCUT2D eigenvalue weighted by molar-refractivity contribution is 5.92. The van der Waals surface area contributed by atoms with Gasteiger partial charge in [0.2, 0.25) is 0 Å². The van der Waals surface area contributed by atoms with Crippen LogP contribution in [0.25, 0.3) is 22.2 Å². The molecule has 0 aliphatic rings. The number of nitrogens with one attached hydrogen (secondary N) is 1. The number of ether oxygens (including phenoxy) is 1. The van der Waals surface area contributed by atoms with Crippen LogP contribution in [-0.4, -0.2) is 27.4 Å². The summed E-state index contributed by atoms with van der Waals surface area (Å²) in [6.45, 7) is 5.99. The van der Waals surface area contributed by atoms with Crippen LogP contribution in [0.5, 0.6) is 0 Å². The zero-order valence-corrected chi connectivity index (χ0v) is 14.1. The van der Waals surface area contributed by atoms with Crippen LogP contribution in [0.3, 0.4) is 0 Å². The van der Waals surface area contributed by atoms with Gasteiger partial charge in [-0.3, -0.25) is 9.89 Å². The van der Waals surface area contributed by atoms with Gasteiger partial charge in [0, 0.05) is 10.9 Å². The standard InChI is InChI=1S/C14H12N2O.C5H10O2/c17-9-10-5-7-11(8-6-10)14-12-3-1-2-4-13(12)15-16-14;1-5(2,3)7-4-6/h1-8,17H,9H2,(H,15,16);4H,1-3H3. The van der Waals surface area contributed by atoms with Crippen molar-refractivity contribution in [1.82, 2.24) is 10.2 Å². The molecule has 126 valence electrons. The molecule has 0 unspecified atom stereocenters. The van der Waals surface area contributed by atoms with Crippen LogP contribution in [-0.2, 0) is 16.1 Å². The average molecular weight is 326 g/mol. The summed E-state index contributed by atoms with van der Waals surface area (Å²) in [4.78, 5) is 9.60. The Morgan fingerprint density at radius 1 is 1.12 bits per heavy atom. The summed E-state index contributed by atoms with van der Waals surface area (Å²) in [7, 11) is 0. The smallest absolute Gasteiger partial charge is 0.293 e. The molecule has 0 saturated carbocycles. The molecule has 3 rings (SSSR count). The van der Waals surface area contributed by atoms with Gasteiger partial charge >= 0.3 is 0 Å². The molecule has 2 aromatic carbocycles. The zero-order chi connectivity index (χ0) is 17.6. The molecule has 0 atom stereocenters. The quantitative estimate of drug-likeness (QED) is 0.720. The van der Waals surface area contributed by atoms with Crippen LogP contribution in [0.1, 0.15) is 26.3 Å². The van der Waals surface area contributed by atoms with Gasteiger partial charge in [0.15, 0.2) is 0 Å². The lowest BCUT2D eigenvalue weighted by Crippen LogP contribution is -2.17. The number of rotatable bonds is 3. The summed E-state index contributed by atoms with van der Waals surface area (Å²) in [5.74, 6) is 0. The van der Waals surface area contributed by atoms with Crippen molar-refractivity contribution < 1.29 is 14.6 Å². The predicted octanol–water partition coefficient (Wildman–Crippen LogP) is 3.68. The second-order valence-corrected chi connectivity index (χ2v) is 6.30. The molecule has 0 spiro atoms. The number of benzene rings is 2. The first-order valence-corrected chi connectivity index (χ1v) is 7.69. The second kappa shape index (κ2) is 7.75. The number of aliphatic hydroxyl groups is 1. The topological polar surface area (TPSA) is 75.2 Å². The van der Waals surface area contributed by atoms with Crippen LogP contribution in [0.2, 0.25) is 0 Å². The van der Waals surface area contributed by atoms with Crippen LogP contribution >= 0.6 is 0 Å². The summed E-state index contributed by atoms with van der Waals surface area (Å²) in [6.07, 6.45) is 0. The summed E-state index contributed by atoms with van der Waals surface area (Å²) >= 11 is 0. The predicted molar refractivity (Wildman–Crippen MR) is 94.4 cm³/mol. The molecule has 0 aliphatic heterocycles. The first-order valence-electron chi connectivity index (χ1n) is 7.69. The monoisotopic (exact) mass is 326 g/mol. The fourth-order valence-corrected chi connectivity index (χ4v) is 2.10. The number of aromatic amines is 1. The summed E-state index contributed by atoms with van der Waals surface area (Å²) in [6, 6.07) is 15.8. The number of H-pyrrole nitrogens is 1. The molecule has 5 heteroatoms. The molecule has 1 aromatic heterocycles. The highest BCUT2D eigenvalue weighted by atomic mass is 16.5. The van der Waals surface area contributed by atoms with Crippen molar-refractivity contribution in [3.8, 4) is 11.3 Å². The molecular formula is C19H22N2O3. The Bertz CT molecular complexity index is 786. The van der Waals surface area contributed by atoms with E-state index in [-0.39, 0.29) is 12.2 Å². The van der Waals surface area contributed by atoms with Crippen molar-refractivity contribution in [2.45, 2.75) is 33.0 Å². The van der Waals surface area contributed by atoms with E-state index in [1.165, 1.54) is 0 Å². The third-order valence-corrected chi connectivity index (χ3v) is 3.28. The number of para-hydroxylation sites is 1. The van der Waals surface area contributed by atoms with E-state index >= 15 is 0 Å². The number of aromatic nitrogens is 2. The largest absolute Gasteiger partial charge is 0.462 e. The van der Waals surface area contributed by atoms with Crippen molar-refractivity contribution in [2.75, 3.05) is 0 Å². The lowest BCUT2D eigenvalue weighted by Gasteiger charge is -2.14. The molecule has 3 aromatic rings. The van der Waals surface area contributed by atoms with Crippen LogP contribution < -0.4 is 0 Å². The van der Waals surface area contributed by atoms with Gasteiger partial charge in [-0.15, -0.1) is 0 Å². The molecule has 2 N–H and O–H groups in total. The SMILES string of the molecule is CC(C)(C)OC=O.OCc1ccc(-c2n[nH]c3ccccc23)cc1. The molecule has 0 amide bonds. The molecule has 0 bridgehead atoms. The minimum atomic E-state index is -0.318. The third kappa shape index (κ3) is 4.67. The first kappa shape index (κ1) is 17.7. The number of hydrogen-bond donors (Lipinski definition) is 2. The highest BCUT2D eigenvalue weighted by Crippen LogP contribution is 2.26. The fraction of sp³-hybridized carbons (Fsp3) is 0.263. The van der Waals surface area contributed by atoms with Gasteiger partial charge in [-0.25, -0.2) is 0 Å². The molecule has 24 heavy (non-hydrogen) atoms. The Morgan fingerprint density at radius 2 is 1.79 bits per heavy atom. The van der Waals surface area contributed by atoms with Gasteiger partial charge in [0.25, 0.3) is 6.47 Å². The summed E-state index contributed by atoms with van der Waals surface area (Å²) in [5, 5.41) is 17.5. The van der Waals surface area contributed by atoms with Gasteiger partial charge in [-0.2, -0.15) is 5.10 Å². The maximum Gasteiger partial charge on any atom is 0.293 e. The number of hydrogen-bond acceptors (Lipinski definition) is 4. The molecular weight excluding hydrogens is 304 g/mol. The van der Waals surface area contributed by atoms with E-state index in [1.807, 2.05) is 69.3 Å². The van der Waals surface area contributed by atoms with Crippen LogP contribution in [0.4, 0.5) is 0 Å². The highest BCUT2D eigenvalue weighted by Gasteiger charge is 2.08. The lowest BCUT2D eigenvalue weighted by atomic mass is 10.1. The maximum atomic E-state index is 9.60. The lowest BCUT2D eigenvalue weighted by molar-refractivity contribution is -0.138. The second-order valence-electron chi connectivity index (χ2n) is 6.30. The number of nitrogens with zero attached hydrogens (tertiary/aromatic N) is 1. The Kier molecular flexibility index (Phi) is 5.71. The molecule has 0 radical (unpaired) electrons. The average Bonchev–Trinajstić information content (AvgIpc) is 2.98. The molecule has 5 nitrogen and oxygen atoms in total. The molecule has 0 fully saturated rings. The number of carbonyl (C=O) groups excluding carboxylic acids is 1. The van der Waals surface area contributed by atoms with Crippen molar-refractivity contribution in [1.29, 1.82) is 0 Å². The minimum Gasteiger partial charge on any atom is -0.462 e. The van der Waals surface area contributed by atoms with Gasteiger partial charge in [-0.1, -0.05) is 42.5 Å². The van der Waals surface area contributed by atoms with Gasteiger partial charge in [0.05, 0.1) is 17.8 Å². The summed E-state index contributed by atoms with van der Waals surface area (Å²) in [5.41, 5.74) is 3.63. The van der Waals surface area contributed by atoms with Crippen molar-refractivity contribution in [3.05, 3.63) is 54.1 Å². The molecule has 0 saturated heterocycles. The normalized spacial score (nSPS) is 10.8. The van der Waals surface area contributed by atoms with E-state index in [1.54, 1.807) is 0 Å². The number of aliphatic hydroxyl groups excluding tert-OH is 1. The van der Waals surface area contributed by atoms with E-state index in [9.17, 15) is 4.79 Å². The van der Waals surface area contributed by atoms with E-state index in [0.717, 1.165) is 27.7 Å². The van der Waals surface area contributed by atoms with Crippen LogP contribution in [0.15, 0.2) is 48.5 Å². The number of fused-ring (bicyclic) bond motifs is 1. The van der Waals surface area contributed by atoms with Crippen molar-refractivity contribution in [2.24, 2.45) is 0 Å². The minimum absolute atomic E-state index is 0.0710. The Hall–Kier alpha value is -2.66.